The summed E-state index contributed by atoms with van der Waals surface area (Å²) < 4.78 is 0. The molecule has 0 aromatic heterocycles. The molecule has 1 N–H and O–H groups in total. The highest BCUT2D eigenvalue weighted by molar-refractivity contribution is 5.34. The van der Waals surface area contributed by atoms with Gasteiger partial charge in [-0.15, -0.1) is 0 Å². The van der Waals surface area contributed by atoms with Crippen molar-refractivity contribution in [1.82, 2.24) is 4.90 Å². The number of hydrogen-bond donors (Lipinski definition) is 1. The SMILES string of the molecule is CN(Cc1ccccc1)C[C@H]1Cc2ccccc2[C@H]1O. The van der Waals surface area contributed by atoms with Crippen LogP contribution in [0, 0.1) is 5.92 Å². The summed E-state index contributed by atoms with van der Waals surface area (Å²) >= 11 is 0. The predicted molar refractivity (Wildman–Crippen MR) is 81.4 cm³/mol. The first-order valence-corrected chi connectivity index (χ1v) is 7.22. The third kappa shape index (κ3) is 2.77. The van der Waals surface area contributed by atoms with Gasteiger partial charge >= 0.3 is 0 Å². The summed E-state index contributed by atoms with van der Waals surface area (Å²) in [4.78, 5) is 2.30. The van der Waals surface area contributed by atoms with Gasteiger partial charge in [0.2, 0.25) is 0 Å². The first-order valence-electron chi connectivity index (χ1n) is 7.22. The summed E-state index contributed by atoms with van der Waals surface area (Å²) in [7, 11) is 2.13. The predicted octanol–water partition coefficient (Wildman–Crippen LogP) is 3.02. The number of hydrogen-bond acceptors (Lipinski definition) is 2. The molecular weight excluding hydrogens is 246 g/mol. The smallest absolute Gasteiger partial charge is 0.0836 e. The minimum absolute atomic E-state index is 0.307. The van der Waals surface area contributed by atoms with Gasteiger partial charge in [-0.25, -0.2) is 0 Å². The van der Waals surface area contributed by atoms with E-state index < -0.39 is 0 Å². The van der Waals surface area contributed by atoms with Crippen molar-refractivity contribution in [2.24, 2.45) is 5.92 Å². The first-order chi connectivity index (χ1) is 9.74. The molecule has 1 aliphatic rings. The van der Waals surface area contributed by atoms with Gasteiger partial charge in [0, 0.05) is 19.0 Å². The van der Waals surface area contributed by atoms with Crippen LogP contribution in [0.2, 0.25) is 0 Å². The molecule has 0 amide bonds. The Morgan fingerprint density at radius 3 is 2.50 bits per heavy atom. The molecule has 1 aliphatic carbocycles. The molecule has 0 fully saturated rings. The van der Waals surface area contributed by atoms with Crippen LogP contribution in [0.5, 0.6) is 0 Å². The maximum absolute atomic E-state index is 10.4. The second kappa shape index (κ2) is 5.78. The highest BCUT2D eigenvalue weighted by Crippen LogP contribution is 2.36. The molecule has 2 nitrogen and oxygen atoms in total. The van der Waals surface area contributed by atoms with E-state index in [0.29, 0.717) is 5.92 Å². The van der Waals surface area contributed by atoms with E-state index in [4.69, 9.17) is 0 Å². The minimum Gasteiger partial charge on any atom is -0.388 e. The topological polar surface area (TPSA) is 23.5 Å². The minimum atomic E-state index is -0.315. The van der Waals surface area contributed by atoms with Crippen LogP contribution in [-0.2, 0) is 13.0 Å². The average molecular weight is 267 g/mol. The van der Waals surface area contributed by atoms with E-state index >= 15 is 0 Å². The van der Waals surface area contributed by atoms with Gasteiger partial charge in [-0.1, -0.05) is 54.6 Å². The van der Waals surface area contributed by atoms with Gasteiger partial charge in [0.1, 0.15) is 0 Å². The third-order valence-electron chi connectivity index (χ3n) is 4.14. The molecule has 20 heavy (non-hydrogen) atoms. The van der Waals surface area contributed by atoms with Crippen LogP contribution < -0.4 is 0 Å². The van der Waals surface area contributed by atoms with E-state index in [9.17, 15) is 5.11 Å². The van der Waals surface area contributed by atoms with Crippen molar-refractivity contribution in [3.8, 4) is 0 Å². The molecule has 0 spiro atoms. The molecule has 3 rings (SSSR count). The Kier molecular flexibility index (Phi) is 3.86. The summed E-state index contributed by atoms with van der Waals surface area (Å²) in [6.45, 7) is 1.85. The Morgan fingerprint density at radius 2 is 1.75 bits per heavy atom. The number of benzene rings is 2. The van der Waals surface area contributed by atoms with Crippen molar-refractivity contribution in [2.45, 2.75) is 19.1 Å². The molecular formula is C18H21NO. The molecule has 0 bridgehead atoms. The number of rotatable bonds is 4. The Balaban J connectivity index is 1.62. The van der Waals surface area contributed by atoms with Crippen LogP contribution in [0.25, 0.3) is 0 Å². The third-order valence-corrected chi connectivity index (χ3v) is 4.14. The zero-order valence-corrected chi connectivity index (χ0v) is 11.9. The van der Waals surface area contributed by atoms with Crippen molar-refractivity contribution in [1.29, 1.82) is 0 Å². The molecule has 2 heteroatoms. The first kappa shape index (κ1) is 13.3. The van der Waals surface area contributed by atoms with Crippen molar-refractivity contribution in [2.75, 3.05) is 13.6 Å². The Hall–Kier alpha value is -1.64. The highest BCUT2D eigenvalue weighted by Gasteiger charge is 2.31. The molecule has 0 radical (unpaired) electrons. The van der Waals surface area contributed by atoms with Crippen LogP contribution >= 0.6 is 0 Å². The quantitative estimate of drug-likeness (QED) is 0.920. The zero-order valence-electron chi connectivity index (χ0n) is 11.9. The van der Waals surface area contributed by atoms with Gasteiger partial charge < -0.3 is 10.0 Å². The molecule has 2 aromatic rings. The van der Waals surface area contributed by atoms with Crippen LogP contribution in [0.3, 0.4) is 0 Å². The molecule has 0 saturated carbocycles. The van der Waals surface area contributed by atoms with Crippen LogP contribution in [0.15, 0.2) is 54.6 Å². The second-order valence-electron chi connectivity index (χ2n) is 5.79. The van der Waals surface area contributed by atoms with E-state index in [0.717, 1.165) is 25.1 Å². The van der Waals surface area contributed by atoms with E-state index in [1.54, 1.807) is 0 Å². The molecule has 0 heterocycles. The molecule has 0 saturated heterocycles. The van der Waals surface area contributed by atoms with Crippen molar-refractivity contribution >= 4 is 0 Å². The van der Waals surface area contributed by atoms with Gasteiger partial charge in [0.05, 0.1) is 6.10 Å². The lowest BCUT2D eigenvalue weighted by Gasteiger charge is -2.23. The fraction of sp³-hybridized carbons (Fsp3) is 0.333. The van der Waals surface area contributed by atoms with Gasteiger partial charge in [0.25, 0.3) is 0 Å². The van der Waals surface area contributed by atoms with Crippen molar-refractivity contribution in [3.05, 3.63) is 71.3 Å². The largest absolute Gasteiger partial charge is 0.388 e. The zero-order chi connectivity index (χ0) is 13.9. The van der Waals surface area contributed by atoms with Gasteiger partial charge in [-0.2, -0.15) is 0 Å². The Labute approximate surface area is 120 Å². The standard InChI is InChI=1S/C18H21NO/c1-19(12-14-7-3-2-4-8-14)13-16-11-15-9-5-6-10-17(15)18(16)20/h2-10,16,18,20H,11-13H2,1H3/t16-,18+/m1/s1. The Bertz CT molecular complexity index is 567. The van der Waals surface area contributed by atoms with Gasteiger partial charge in [-0.05, 0) is 30.2 Å². The van der Waals surface area contributed by atoms with Gasteiger partial charge in [0.15, 0.2) is 0 Å². The van der Waals surface area contributed by atoms with Crippen molar-refractivity contribution < 1.29 is 5.11 Å². The fourth-order valence-electron chi connectivity index (χ4n) is 3.18. The average Bonchev–Trinajstić information content (AvgIpc) is 2.77. The van der Waals surface area contributed by atoms with Crippen LogP contribution in [-0.4, -0.2) is 23.6 Å². The molecule has 0 unspecified atom stereocenters. The molecule has 104 valence electrons. The summed E-state index contributed by atoms with van der Waals surface area (Å²) in [5.41, 5.74) is 3.74. The highest BCUT2D eigenvalue weighted by atomic mass is 16.3. The molecule has 2 atom stereocenters. The van der Waals surface area contributed by atoms with E-state index in [-0.39, 0.29) is 6.10 Å². The van der Waals surface area contributed by atoms with Crippen molar-refractivity contribution in [3.63, 3.8) is 0 Å². The van der Waals surface area contributed by atoms with Crippen LogP contribution in [0.1, 0.15) is 22.8 Å². The van der Waals surface area contributed by atoms with E-state index in [1.807, 2.05) is 12.1 Å². The lowest BCUT2D eigenvalue weighted by molar-refractivity contribution is 0.0976. The lowest BCUT2D eigenvalue weighted by atomic mass is 10.0. The number of aliphatic hydroxyl groups excluding tert-OH is 1. The Morgan fingerprint density at radius 1 is 1.05 bits per heavy atom. The molecule has 0 aliphatic heterocycles. The maximum Gasteiger partial charge on any atom is 0.0836 e. The lowest BCUT2D eigenvalue weighted by Crippen LogP contribution is -2.27. The maximum atomic E-state index is 10.4. The monoisotopic (exact) mass is 267 g/mol. The number of fused-ring (bicyclic) bond motifs is 1. The van der Waals surface area contributed by atoms with E-state index in [2.05, 4.69) is 54.4 Å². The number of aliphatic hydroxyl groups is 1. The number of nitrogens with zero attached hydrogens (tertiary/aromatic N) is 1. The van der Waals surface area contributed by atoms with E-state index in [1.165, 1.54) is 11.1 Å². The second-order valence-corrected chi connectivity index (χ2v) is 5.79. The molecule has 2 aromatic carbocycles. The summed E-state index contributed by atoms with van der Waals surface area (Å²) in [6.07, 6.45) is 0.667. The fourth-order valence-corrected chi connectivity index (χ4v) is 3.18. The summed E-state index contributed by atoms with van der Waals surface area (Å²) in [5, 5.41) is 10.4. The summed E-state index contributed by atoms with van der Waals surface area (Å²) in [5.74, 6) is 0.307. The summed E-state index contributed by atoms with van der Waals surface area (Å²) in [6, 6.07) is 18.7. The normalized spacial score (nSPS) is 21.1. The van der Waals surface area contributed by atoms with Gasteiger partial charge in [-0.3, -0.25) is 0 Å². The van der Waals surface area contributed by atoms with Crippen LogP contribution in [0.4, 0.5) is 0 Å².